The SMILES string of the molecule is CC(C)[Si](OC[C@H](O[Si](C)(C)C(C)(C)C)[C@H](CO)[C@H]1O[C@H]1C)(C(C)C)C(C)C. The zero-order chi connectivity index (χ0) is 22.1. The fourth-order valence-corrected chi connectivity index (χ4v) is 11.4. The first-order valence-corrected chi connectivity index (χ1v) is 16.2. The van der Waals surface area contributed by atoms with Crippen molar-refractivity contribution in [1.29, 1.82) is 0 Å². The molecule has 6 heteroatoms. The Morgan fingerprint density at radius 3 is 1.68 bits per heavy atom. The van der Waals surface area contributed by atoms with Crippen molar-refractivity contribution in [3.63, 3.8) is 0 Å². The van der Waals surface area contributed by atoms with E-state index in [9.17, 15) is 5.11 Å². The van der Waals surface area contributed by atoms with Crippen molar-refractivity contribution < 1.29 is 18.7 Å². The molecule has 1 aliphatic rings. The van der Waals surface area contributed by atoms with Gasteiger partial charge in [0.1, 0.15) is 0 Å². The molecule has 1 saturated heterocycles. The third-order valence-electron chi connectivity index (χ3n) is 7.33. The van der Waals surface area contributed by atoms with Gasteiger partial charge in [-0.15, -0.1) is 0 Å². The first kappa shape index (κ1) is 26.3. The van der Waals surface area contributed by atoms with Crippen LogP contribution in [0.3, 0.4) is 0 Å². The average Bonchev–Trinajstić information content (AvgIpc) is 3.22. The molecule has 4 nitrogen and oxygen atoms in total. The molecule has 1 heterocycles. The predicted octanol–water partition coefficient (Wildman–Crippen LogP) is 5.96. The Hall–Kier alpha value is 0.274. The van der Waals surface area contributed by atoms with Gasteiger partial charge in [-0.3, -0.25) is 0 Å². The van der Waals surface area contributed by atoms with Gasteiger partial charge in [-0.25, -0.2) is 0 Å². The molecule has 0 bridgehead atoms. The Bertz CT molecular complexity index is 464. The molecule has 1 fully saturated rings. The van der Waals surface area contributed by atoms with Gasteiger partial charge in [-0.2, -0.15) is 0 Å². The van der Waals surface area contributed by atoms with Crippen LogP contribution in [0.25, 0.3) is 0 Å². The van der Waals surface area contributed by atoms with Crippen LogP contribution < -0.4 is 0 Å². The van der Waals surface area contributed by atoms with Crippen LogP contribution >= 0.6 is 0 Å². The first-order valence-electron chi connectivity index (χ1n) is 11.2. The van der Waals surface area contributed by atoms with Gasteiger partial charge in [0, 0.05) is 5.92 Å². The van der Waals surface area contributed by atoms with Crippen molar-refractivity contribution in [2.45, 2.75) is 122 Å². The van der Waals surface area contributed by atoms with E-state index in [-0.39, 0.29) is 35.9 Å². The van der Waals surface area contributed by atoms with Gasteiger partial charge in [0.25, 0.3) is 0 Å². The summed E-state index contributed by atoms with van der Waals surface area (Å²) < 4.78 is 19.5. The molecule has 0 radical (unpaired) electrons. The number of hydrogen-bond donors (Lipinski definition) is 1. The Kier molecular flexibility index (Phi) is 9.02. The zero-order valence-electron chi connectivity index (χ0n) is 20.6. The van der Waals surface area contributed by atoms with E-state index in [1.54, 1.807) is 0 Å². The summed E-state index contributed by atoms with van der Waals surface area (Å²) in [5.41, 5.74) is 1.60. The molecule has 168 valence electrons. The highest BCUT2D eigenvalue weighted by Gasteiger charge is 2.50. The number of hydrogen-bond acceptors (Lipinski definition) is 4. The van der Waals surface area contributed by atoms with Crippen LogP contribution in [-0.2, 0) is 13.6 Å². The molecule has 28 heavy (non-hydrogen) atoms. The molecule has 0 saturated carbocycles. The molecular formula is C22H48O4Si2. The minimum atomic E-state index is -2.00. The van der Waals surface area contributed by atoms with E-state index < -0.39 is 16.6 Å². The van der Waals surface area contributed by atoms with E-state index in [1.165, 1.54) is 0 Å². The van der Waals surface area contributed by atoms with E-state index in [4.69, 9.17) is 13.6 Å². The molecule has 4 atom stereocenters. The molecule has 1 rings (SSSR count). The normalized spacial score (nSPS) is 23.6. The van der Waals surface area contributed by atoms with Gasteiger partial charge in [0.05, 0.1) is 31.5 Å². The minimum Gasteiger partial charge on any atom is -0.413 e. The highest BCUT2D eigenvalue weighted by molar-refractivity contribution is 6.77. The summed E-state index contributed by atoms with van der Waals surface area (Å²) in [5.74, 6) is -0.0256. The Morgan fingerprint density at radius 1 is 0.964 bits per heavy atom. The lowest BCUT2D eigenvalue weighted by Crippen LogP contribution is -2.53. The van der Waals surface area contributed by atoms with Crippen LogP contribution in [-0.4, -0.2) is 53.3 Å². The fraction of sp³-hybridized carbons (Fsp3) is 1.00. The molecule has 0 unspecified atom stereocenters. The van der Waals surface area contributed by atoms with Gasteiger partial charge in [-0.05, 0) is 41.7 Å². The molecule has 0 spiro atoms. The van der Waals surface area contributed by atoms with E-state index in [0.717, 1.165) is 0 Å². The van der Waals surface area contributed by atoms with Crippen LogP contribution in [0.2, 0.25) is 34.8 Å². The fourth-order valence-electron chi connectivity index (χ4n) is 4.61. The quantitative estimate of drug-likeness (QED) is 0.323. The topological polar surface area (TPSA) is 51.2 Å². The lowest BCUT2D eigenvalue weighted by atomic mass is 9.98. The second-order valence-electron chi connectivity index (χ2n) is 11.2. The Morgan fingerprint density at radius 2 is 1.39 bits per heavy atom. The van der Waals surface area contributed by atoms with Crippen LogP contribution in [0, 0.1) is 5.92 Å². The number of epoxide rings is 1. The molecule has 0 aromatic heterocycles. The van der Waals surface area contributed by atoms with Crippen molar-refractivity contribution in [2.75, 3.05) is 13.2 Å². The summed E-state index contributed by atoms with van der Waals surface area (Å²) >= 11 is 0. The van der Waals surface area contributed by atoms with Crippen LogP contribution in [0.5, 0.6) is 0 Å². The van der Waals surface area contributed by atoms with Crippen molar-refractivity contribution in [3.8, 4) is 0 Å². The standard InChI is InChI=1S/C22H48O4Si2/c1-15(2)28(16(3)4,17(5)6)24-14-20(19(13-23)21-18(7)25-21)26-27(11,12)22(8,9)10/h15-21,23H,13-14H2,1-12H3/t18-,19-,20-,21-/m0/s1. The summed E-state index contributed by atoms with van der Waals surface area (Å²) in [5, 5.41) is 10.3. The third-order valence-corrected chi connectivity index (χ3v) is 17.9. The lowest BCUT2D eigenvalue weighted by Gasteiger charge is -2.45. The number of rotatable bonds is 11. The van der Waals surface area contributed by atoms with Crippen LogP contribution in [0.1, 0.15) is 69.2 Å². The molecule has 0 aliphatic carbocycles. The first-order chi connectivity index (χ1) is 12.6. The maximum atomic E-state index is 10.2. The predicted molar refractivity (Wildman–Crippen MR) is 124 cm³/mol. The summed E-state index contributed by atoms with van der Waals surface area (Å²) in [6.45, 7) is 27.9. The van der Waals surface area contributed by atoms with Crippen molar-refractivity contribution >= 4 is 16.6 Å². The third kappa shape index (κ3) is 5.70. The molecule has 1 N–H and O–H groups in total. The van der Waals surface area contributed by atoms with Crippen LogP contribution in [0.15, 0.2) is 0 Å². The smallest absolute Gasteiger partial charge is 0.200 e. The lowest BCUT2D eigenvalue weighted by molar-refractivity contribution is 0.0212. The number of aliphatic hydroxyl groups excluding tert-OH is 1. The largest absolute Gasteiger partial charge is 0.413 e. The summed E-state index contributed by atoms with van der Waals surface area (Å²) in [4.78, 5) is 0. The maximum absolute atomic E-state index is 10.2. The van der Waals surface area contributed by atoms with E-state index in [2.05, 4.69) is 82.3 Å². The highest BCUT2D eigenvalue weighted by atomic mass is 28.4. The van der Waals surface area contributed by atoms with Gasteiger partial charge < -0.3 is 18.7 Å². The maximum Gasteiger partial charge on any atom is 0.200 e. The summed E-state index contributed by atoms with van der Waals surface area (Å²) in [6, 6.07) is 0. The van der Waals surface area contributed by atoms with E-state index in [0.29, 0.717) is 23.2 Å². The monoisotopic (exact) mass is 432 g/mol. The molecule has 0 aromatic rings. The molecule has 0 amide bonds. The van der Waals surface area contributed by atoms with E-state index in [1.807, 2.05) is 0 Å². The minimum absolute atomic E-state index is 0.0256. The molecular weight excluding hydrogens is 384 g/mol. The zero-order valence-corrected chi connectivity index (χ0v) is 22.6. The van der Waals surface area contributed by atoms with Gasteiger partial charge in [-0.1, -0.05) is 62.3 Å². The van der Waals surface area contributed by atoms with Crippen LogP contribution in [0.4, 0.5) is 0 Å². The van der Waals surface area contributed by atoms with Gasteiger partial charge in [0.15, 0.2) is 16.6 Å². The summed E-state index contributed by atoms with van der Waals surface area (Å²) in [7, 11) is -3.98. The van der Waals surface area contributed by atoms with Gasteiger partial charge >= 0.3 is 0 Å². The van der Waals surface area contributed by atoms with Crippen molar-refractivity contribution in [2.24, 2.45) is 5.92 Å². The van der Waals surface area contributed by atoms with Gasteiger partial charge in [0.2, 0.25) is 0 Å². The average molecular weight is 433 g/mol. The van der Waals surface area contributed by atoms with Crippen molar-refractivity contribution in [1.82, 2.24) is 0 Å². The highest BCUT2D eigenvalue weighted by Crippen LogP contribution is 2.44. The second kappa shape index (κ2) is 9.60. The van der Waals surface area contributed by atoms with Crippen molar-refractivity contribution in [3.05, 3.63) is 0 Å². The number of aliphatic hydroxyl groups is 1. The Labute approximate surface area is 177 Å². The molecule has 0 aromatic carbocycles. The summed E-state index contributed by atoms with van der Waals surface area (Å²) in [6.07, 6.45) is 0.158. The van der Waals surface area contributed by atoms with E-state index >= 15 is 0 Å². The molecule has 1 aliphatic heterocycles. The second-order valence-corrected chi connectivity index (χ2v) is 21.4. The number of ether oxygens (including phenoxy) is 1. The Balaban J connectivity index is 3.14.